The predicted octanol–water partition coefficient (Wildman–Crippen LogP) is 3.41. The summed E-state index contributed by atoms with van der Waals surface area (Å²) < 4.78 is 0.995. The van der Waals surface area contributed by atoms with Gasteiger partial charge >= 0.3 is 0 Å². The van der Waals surface area contributed by atoms with Gasteiger partial charge in [0.15, 0.2) is 5.15 Å². The summed E-state index contributed by atoms with van der Waals surface area (Å²) in [6.07, 6.45) is 0. The van der Waals surface area contributed by atoms with Crippen LogP contribution in [0.25, 0.3) is 21.9 Å². The molecule has 0 fully saturated rings. The molecular formula is C11H9BrCl2N4. The minimum atomic E-state index is 0. The number of hydrogen-bond donors (Lipinski definition) is 2. The van der Waals surface area contributed by atoms with Gasteiger partial charge in [-0.25, -0.2) is 9.97 Å². The number of nitrogens with two attached hydrogens (primary N) is 1. The zero-order valence-corrected chi connectivity index (χ0v) is 12.2. The quantitative estimate of drug-likeness (QED) is 0.663. The van der Waals surface area contributed by atoms with Crippen LogP contribution in [-0.2, 0) is 6.54 Å². The van der Waals surface area contributed by atoms with Gasteiger partial charge in [0.25, 0.3) is 0 Å². The number of nitrogens with one attached hydrogen (secondary N) is 1. The lowest BCUT2D eigenvalue weighted by molar-refractivity contribution is 0.927. The average Bonchev–Trinajstić information content (AvgIpc) is 2.68. The standard InChI is InChI=1S/C11H8BrClN4.ClH/c12-5-1-2-7-6(3-5)9-10(15-7)11(13)17-8(4-14)16-9;/h1-3,15H,4,14H2;1H. The van der Waals surface area contributed by atoms with E-state index in [0.717, 1.165) is 26.4 Å². The van der Waals surface area contributed by atoms with Crippen LogP contribution in [0.15, 0.2) is 22.7 Å². The Labute approximate surface area is 122 Å². The Morgan fingerprint density at radius 3 is 2.83 bits per heavy atom. The highest BCUT2D eigenvalue weighted by Gasteiger charge is 2.11. The van der Waals surface area contributed by atoms with Crippen LogP contribution in [-0.4, -0.2) is 15.0 Å². The second-order valence-corrected chi connectivity index (χ2v) is 4.95. The SMILES string of the molecule is Cl.NCc1nc(Cl)c2[nH]c3ccc(Br)cc3c2n1. The number of benzene rings is 1. The third kappa shape index (κ3) is 2.07. The van der Waals surface area contributed by atoms with E-state index in [0.29, 0.717) is 11.0 Å². The Hall–Kier alpha value is -0.880. The fourth-order valence-electron chi connectivity index (χ4n) is 1.83. The molecule has 3 rings (SSSR count). The molecule has 4 nitrogen and oxygen atoms in total. The summed E-state index contributed by atoms with van der Waals surface area (Å²) in [6, 6.07) is 5.93. The molecule has 0 spiro atoms. The van der Waals surface area contributed by atoms with Crippen molar-refractivity contribution in [1.82, 2.24) is 15.0 Å². The number of halogens is 3. The highest BCUT2D eigenvalue weighted by atomic mass is 79.9. The normalized spacial score (nSPS) is 10.8. The van der Waals surface area contributed by atoms with Crippen LogP contribution in [0.4, 0.5) is 0 Å². The van der Waals surface area contributed by atoms with E-state index in [9.17, 15) is 0 Å². The van der Waals surface area contributed by atoms with Gasteiger partial charge < -0.3 is 10.7 Å². The Bertz CT molecular complexity index is 726. The van der Waals surface area contributed by atoms with Gasteiger partial charge in [0.05, 0.1) is 6.54 Å². The van der Waals surface area contributed by atoms with Gasteiger partial charge in [0, 0.05) is 15.4 Å². The van der Waals surface area contributed by atoms with Crippen LogP contribution >= 0.6 is 39.9 Å². The van der Waals surface area contributed by atoms with Crippen molar-refractivity contribution in [3.63, 3.8) is 0 Å². The Balaban J connectivity index is 0.00000120. The van der Waals surface area contributed by atoms with Gasteiger partial charge in [-0.1, -0.05) is 27.5 Å². The molecule has 94 valence electrons. The lowest BCUT2D eigenvalue weighted by Crippen LogP contribution is -2.02. The van der Waals surface area contributed by atoms with Crippen LogP contribution in [0, 0.1) is 0 Å². The smallest absolute Gasteiger partial charge is 0.156 e. The maximum Gasteiger partial charge on any atom is 0.156 e. The Kier molecular flexibility index (Phi) is 3.77. The Morgan fingerprint density at radius 1 is 1.33 bits per heavy atom. The van der Waals surface area contributed by atoms with E-state index in [1.54, 1.807) is 0 Å². The van der Waals surface area contributed by atoms with E-state index < -0.39 is 0 Å². The lowest BCUT2D eigenvalue weighted by atomic mass is 10.2. The molecule has 0 radical (unpaired) electrons. The molecule has 3 N–H and O–H groups in total. The molecule has 0 bridgehead atoms. The third-order valence-corrected chi connectivity index (χ3v) is 3.36. The number of hydrogen-bond acceptors (Lipinski definition) is 3. The number of rotatable bonds is 1. The van der Waals surface area contributed by atoms with Crippen LogP contribution in [0.2, 0.25) is 5.15 Å². The molecule has 0 aliphatic carbocycles. The van der Waals surface area contributed by atoms with Crippen molar-refractivity contribution in [2.45, 2.75) is 6.54 Å². The summed E-state index contributed by atoms with van der Waals surface area (Å²) in [5.41, 5.74) is 8.08. The van der Waals surface area contributed by atoms with Crippen molar-refractivity contribution in [1.29, 1.82) is 0 Å². The number of nitrogens with zero attached hydrogens (tertiary/aromatic N) is 2. The molecule has 0 atom stereocenters. The topological polar surface area (TPSA) is 67.6 Å². The van der Waals surface area contributed by atoms with Crippen molar-refractivity contribution in [2.24, 2.45) is 5.73 Å². The average molecular weight is 348 g/mol. The fourth-order valence-corrected chi connectivity index (χ4v) is 2.43. The molecule has 7 heteroatoms. The maximum absolute atomic E-state index is 6.10. The largest absolute Gasteiger partial charge is 0.351 e. The number of fused-ring (bicyclic) bond motifs is 3. The summed E-state index contributed by atoms with van der Waals surface area (Å²) in [4.78, 5) is 11.7. The molecule has 2 heterocycles. The van der Waals surface area contributed by atoms with E-state index in [-0.39, 0.29) is 19.0 Å². The second kappa shape index (κ2) is 5.01. The molecular weight excluding hydrogens is 339 g/mol. The molecule has 0 amide bonds. The minimum absolute atomic E-state index is 0. The van der Waals surface area contributed by atoms with Crippen LogP contribution in [0.5, 0.6) is 0 Å². The van der Waals surface area contributed by atoms with E-state index in [2.05, 4.69) is 30.9 Å². The number of H-pyrrole nitrogens is 1. The predicted molar refractivity (Wildman–Crippen MR) is 79.2 cm³/mol. The van der Waals surface area contributed by atoms with Gasteiger partial charge in [-0.15, -0.1) is 12.4 Å². The first-order valence-corrected chi connectivity index (χ1v) is 6.19. The highest BCUT2D eigenvalue weighted by molar-refractivity contribution is 9.10. The highest BCUT2D eigenvalue weighted by Crippen LogP contribution is 2.29. The van der Waals surface area contributed by atoms with Crippen molar-refractivity contribution in [3.8, 4) is 0 Å². The van der Waals surface area contributed by atoms with E-state index in [1.807, 2.05) is 18.2 Å². The Morgan fingerprint density at radius 2 is 2.11 bits per heavy atom. The van der Waals surface area contributed by atoms with Crippen molar-refractivity contribution in [3.05, 3.63) is 33.6 Å². The van der Waals surface area contributed by atoms with Crippen molar-refractivity contribution >= 4 is 61.9 Å². The molecule has 18 heavy (non-hydrogen) atoms. The second-order valence-electron chi connectivity index (χ2n) is 3.67. The first-order chi connectivity index (χ1) is 8.19. The summed E-state index contributed by atoms with van der Waals surface area (Å²) >= 11 is 9.54. The molecule has 0 aliphatic rings. The molecule has 1 aromatic carbocycles. The zero-order chi connectivity index (χ0) is 12.0. The van der Waals surface area contributed by atoms with E-state index in [4.69, 9.17) is 17.3 Å². The first kappa shape index (κ1) is 13.5. The van der Waals surface area contributed by atoms with Gasteiger partial charge in [-0.2, -0.15) is 0 Å². The lowest BCUT2D eigenvalue weighted by Gasteiger charge is -1.98. The first-order valence-electron chi connectivity index (χ1n) is 5.02. The maximum atomic E-state index is 6.10. The van der Waals surface area contributed by atoms with Crippen molar-refractivity contribution < 1.29 is 0 Å². The van der Waals surface area contributed by atoms with Gasteiger partial charge in [0.1, 0.15) is 16.9 Å². The molecule has 0 unspecified atom stereocenters. The van der Waals surface area contributed by atoms with Crippen LogP contribution in [0.1, 0.15) is 5.82 Å². The summed E-state index contributed by atoms with van der Waals surface area (Å²) in [5.74, 6) is 0.545. The van der Waals surface area contributed by atoms with E-state index in [1.165, 1.54) is 0 Å². The van der Waals surface area contributed by atoms with Gasteiger partial charge in [-0.3, -0.25) is 0 Å². The minimum Gasteiger partial charge on any atom is -0.351 e. The fraction of sp³-hybridized carbons (Fsp3) is 0.0909. The molecule has 2 aromatic heterocycles. The van der Waals surface area contributed by atoms with Crippen LogP contribution < -0.4 is 5.73 Å². The zero-order valence-electron chi connectivity index (χ0n) is 9.08. The molecule has 0 saturated heterocycles. The van der Waals surface area contributed by atoms with Gasteiger partial charge in [0.2, 0.25) is 0 Å². The summed E-state index contributed by atoms with van der Waals surface area (Å²) in [6.45, 7) is 0.274. The number of aromatic nitrogens is 3. The monoisotopic (exact) mass is 346 g/mol. The molecule has 0 saturated carbocycles. The van der Waals surface area contributed by atoms with E-state index >= 15 is 0 Å². The molecule has 3 aromatic rings. The van der Waals surface area contributed by atoms with Gasteiger partial charge in [-0.05, 0) is 18.2 Å². The summed E-state index contributed by atoms with van der Waals surface area (Å²) in [7, 11) is 0. The summed E-state index contributed by atoms with van der Waals surface area (Å²) in [5, 5.41) is 1.41. The number of aromatic amines is 1. The van der Waals surface area contributed by atoms with Crippen molar-refractivity contribution in [2.75, 3.05) is 0 Å². The third-order valence-electron chi connectivity index (χ3n) is 2.59. The van der Waals surface area contributed by atoms with Crippen LogP contribution in [0.3, 0.4) is 0 Å². The molecule has 0 aliphatic heterocycles.